The molecule has 1 fully saturated rings. The van der Waals surface area contributed by atoms with Gasteiger partial charge in [0, 0.05) is 25.3 Å². The maximum absolute atomic E-state index is 12.0. The standard InChI is InChI=1S/C16H28N6O2/c1-20(2)7-8-22-11-13(9-18-22)19-16(24)15(23)17-10-14(21(3)4)12-5-6-12/h9,11-12,14H,5-8,10H2,1-4H3,(H,17,23)(H,19,24)/t14-/m1/s1. The van der Waals surface area contributed by atoms with Crippen molar-refractivity contribution in [2.45, 2.75) is 25.4 Å². The molecule has 0 unspecified atom stereocenters. The summed E-state index contributed by atoms with van der Waals surface area (Å²) in [5.74, 6) is -0.641. The molecule has 1 aromatic heterocycles. The summed E-state index contributed by atoms with van der Waals surface area (Å²) in [5.41, 5.74) is 0.528. The van der Waals surface area contributed by atoms with Gasteiger partial charge in [0.2, 0.25) is 0 Å². The highest BCUT2D eigenvalue weighted by molar-refractivity contribution is 6.39. The molecule has 0 bridgehead atoms. The number of likely N-dealkylation sites (N-methyl/N-ethyl adjacent to an activating group) is 2. The molecule has 0 aliphatic heterocycles. The van der Waals surface area contributed by atoms with Crippen molar-refractivity contribution >= 4 is 17.5 Å². The third-order valence-corrected chi connectivity index (χ3v) is 4.17. The van der Waals surface area contributed by atoms with Crippen LogP contribution in [-0.2, 0) is 16.1 Å². The van der Waals surface area contributed by atoms with Crippen LogP contribution >= 0.6 is 0 Å². The number of hydrogen-bond donors (Lipinski definition) is 2. The Morgan fingerprint density at radius 3 is 2.58 bits per heavy atom. The Balaban J connectivity index is 1.77. The van der Waals surface area contributed by atoms with Crippen LogP contribution in [0.4, 0.5) is 5.69 Å². The molecule has 8 nitrogen and oxygen atoms in total. The lowest BCUT2D eigenvalue weighted by molar-refractivity contribution is -0.136. The van der Waals surface area contributed by atoms with Crippen LogP contribution in [0, 0.1) is 5.92 Å². The fraction of sp³-hybridized carbons (Fsp3) is 0.688. The van der Waals surface area contributed by atoms with E-state index in [2.05, 4.69) is 25.5 Å². The van der Waals surface area contributed by atoms with E-state index in [1.165, 1.54) is 12.8 Å². The van der Waals surface area contributed by atoms with Crippen molar-refractivity contribution in [1.82, 2.24) is 24.9 Å². The maximum atomic E-state index is 12.0. The van der Waals surface area contributed by atoms with Gasteiger partial charge >= 0.3 is 11.8 Å². The van der Waals surface area contributed by atoms with Gasteiger partial charge in [-0.25, -0.2) is 0 Å². The van der Waals surface area contributed by atoms with E-state index >= 15 is 0 Å². The third-order valence-electron chi connectivity index (χ3n) is 4.17. The molecular formula is C16H28N6O2. The number of nitrogens with zero attached hydrogens (tertiary/aromatic N) is 4. The number of amides is 2. The Bertz CT molecular complexity index is 563. The van der Waals surface area contributed by atoms with Crippen molar-refractivity contribution < 1.29 is 9.59 Å². The lowest BCUT2D eigenvalue weighted by Gasteiger charge is -2.24. The van der Waals surface area contributed by atoms with E-state index in [1.807, 2.05) is 28.2 Å². The molecule has 2 rings (SSSR count). The first-order valence-electron chi connectivity index (χ1n) is 8.29. The predicted molar refractivity (Wildman–Crippen MR) is 92.6 cm³/mol. The summed E-state index contributed by atoms with van der Waals surface area (Å²) in [6.45, 7) is 2.07. The van der Waals surface area contributed by atoms with E-state index in [0.717, 1.165) is 13.1 Å². The van der Waals surface area contributed by atoms with Crippen molar-refractivity contribution in [3.63, 3.8) is 0 Å². The molecule has 1 aliphatic rings. The Kier molecular flexibility index (Phi) is 6.33. The molecule has 24 heavy (non-hydrogen) atoms. The Morgan fingerprint density at radius 2 is 2.00 bits per heavy atom. The molecule has 0 saturated heterocycles. The van der Waals surface area contributed by atoms with Crippen molar-refractivity contribution in [2.75, 3.05) is 46.6 Å². The molecule has 1 aliphatic carbocycles. The molecular weight excluding hydrogens is 308 g/mol. The van der Waals surface area contributed by atoms with Crippen LogP contribution < -0.4 is 10.6 Å². The largest absolute Gasteiger partial charge is 0.346 e. The molecule has 1 saturated carbocycles. The lowest BCUT2D eigenvalue weighted by atomic mass is 10.1. The summed E-state index contributed by atoms with van der Waals surface area (Å²) >= 11 is 0. The number of nitrogens with one attached hydrogen (secondary N) is 2. The molecule has 2 amide bonds. The van der Waals surface area contributed by atoms with Crippen molar-refractivity contribution in [1.29, 1.82) is 0 Å². The van der Waals surface area contributed by atoms with Crippen LogP contribution in [0.1, 0.15) is 12.8 Å². The summed E-state index contributed by atoms with van der Waals surface area (Å²) in [5, 5.41) is 9.48. The number of aromatic nitrogens is 2. The normalized spacial score (nSPS) is 15.6. The molecule has 8 heteroatoms. The van der Waals surface area contributed by atoms with Gasteiger partial charge in [-0.15, -0.1) is 0 Å². The van der Waals surface area contributed by atoms with Crippen LogP contribution in [0.2, 0.25) is 0 Å². The SMILES string of the molecule is CN(C)CCn1cc(NC(=O)C(=O)NC[C@H](C2CC2)N(C)C)cn1. The van der Waals surface area contributed by atoms with Crippen molar-refractivity contribution in [3.05, 3.63) is 12.4 Å². The highest BCUT2D eigenvalue weighted by Crippen LogP contribution is 2.34. The number of anilines is 1. The quantitative estimate of drug-likeness (QED) is 0.645. The van der Waals surface area contributed by atoms with E-state index < -0.39 is 11.8 Å². The Hall–Kier alpha value is -1.93. The van der Waals surface area contributed by atoms with Gasteiger partial charge in [0.1, 0.15) is 0 Å². The fourth-order valence-corrected chi connectivity index (χ4v) is 2.57. The fourth-order valence-electron chi connectivity index (χ4n) is 2.57. The smallest absolute Gasteiger partial charge is 0.313 e. The first-order chi connectivity index (χ1) is 11.4. The number of carbonyl (C=O) groups excluding carboxylic acids is 2. The third kappa shape index (κ3) is 5.61. The molecule has 0 aromatic carbocycles. The van der Waals surface area contributed by atoms with E-state index in [1.54, 1.807) is 17.1 Å². The molecule has 1 aromatic rings. The van der Waals surface area contributed by atoms with Gasteiger partial charge in [-0.2, -0.15) is 5.10 Å². The minimum Gasteiger partial charge on any atom is -0.346 e. The zero-order chi connectivity index (χ0) is 17.7. The molecule has 1 atom stereocenters. The second kappa shape index (κ2) is 8.25. The van der Waals surface area contributed by atoms with Gasteiger partial charge in [0.25, 0.3) is 0 Å². The van der Waals surface area contributed by atoms with Crippen molar-refractivity contribution in [2.24, 2.45) is 5.92 Å². The van der Waals surface area contributed by atoms with E-state index in [9.17, 15) is 9.59 Å². The first kappa shape index (κ1) is 18.4. The van der Waals surface area contributed by atoms with Gasteiger partial charge in [-0.1, -0.05) is 0 Å². The van der Waals surface area contributed by atoms with Crippen LogP contribution in [0.3, 0.4) is 0 Å². The predicted octanol–water partition coefficient (Wildman–Crippen LogP) is -0.160. The molecule has 2 N–H and O–H groups in total. The first-order valence-corrected chi connectivity index (χ1v) is 8.29. The van der Waals surface area contributed by atoms with Crippen LogP contribution in [-0.4, -0.2) is 78.7 Å². The van der Waals surface area contributed by atoms with Gasteiger partial charge in [-0.3, -0.25) is 14.3 Å². The molecule has 134 valence electrons. The number of hydrogen-bond acceptors (Lipinski definition) is 5. The van der Waals surface area contributed by atoms with E-state index in [4.69, 9.17) is 0 Å². The average molecular weight is 336 g/mol. The minimum absolute atomic E-state index is 0.288. The van der Waals surface area contributed by atoms with Gasteiger partial charge in [-0.05, 0) is 47.0 Å². The monoisotopic (exact) mass is 336 g/mol. The van der Waals surface area contributed by atoms with Crippen LogP contribution in [0.15, 0.2) is 12.4 Å². The molecule has 0 spiro atoms. The Morgan fingerprint density at radius 1 is 1.29 bits per heavy atom. The summed E-state index contributed by atoms with van der Waals surface area (Å²) in [4.78, 5) is 28.1. The lowest BCUT2D eigenvalue weighted by Crippen LogP contribution is -2.44. The minimum atomic E-state index is -0.657. The number of carbonyl (C=O) groups is 2. The maximum Gasteiger partial charge on any atom is 0.313 e. The zero-order valence-electron chi connectivity index (χ0n) is 15.0. The average Bonchev–Trinajstić information content (AvgIpc) is 3.24. The van der Waals surface area contributed by atoms with Gasteiger partial charge in [0.15, 0.2) is 0 Å². The highest BCUT2D eigenvalue weighted by atomic mass is 16.2. The number of rotatable bonds is 8. The van der Waals surface area contributed by atoms with Gasteiger partial charge < -0.3 is 20.4 Å². The summed E-state index contributed by atoms with van der Waals surface area (Å²) < 4.78 is 1.74. The topological polar surface area (TPSA) is 82.5 Å². The second-order valence-electron chi connectivity index (χ2n) is 6.83. The van der Waals surface area contributed by atoms with Crippen molar-refractivity contribution in [3.8, 4) is 0 Å². The van der Waals surface area contributed by atoms with Crippen LogP contribution in [0.25, 0.3) is 0 Å². The van der Waals surface area contributed by atoms with E-state index in [0.29, 0.717) is 18.2 Å². The Labute approximate surface area is 143 Å². The second-order valence-corrected chi connectivity index (χ2v) is 6.83. The summed E-state index contributed by atoms with van der Waals surface area (Å²) in [6.07, 6.45) is 5.66. The molecule has 1 heterocycles. The summed E-state index contributed by atoms with van der Waals surface area (Å²) in [7, 11) is 7.97. The van der Waals surface area contributed by atoms with Crippen LogP contribution in [0.5, 0.6) is 0 Å². The summed E-state index contributed by atoms with van der Waals surface area (Å²) in [6, 6.07) is 0.288. The van der Waals surface area contributed by atoms with E-state index in [-0.39, 0.29) is 6.04 Å². The molecule has 0 radical (unpaired) electrons. The zero-order valence-corrected chi connectivity index (χ0v) is 15.0. The van der Waals surface area contributed by atoms with Gasteiger partial charge in [0.05, 0.1) is 18.4 Å². The highest BCUT2D eigenvalue weighted by Gasteiger charge is 2.33.